The maximum atomic E-state index is 12.0. The van der Waals surface area contributed by atoms with Crippen LogP contribution in [0.3, 0.4) is 0 Å². The second-order valence-corrected chi connectivity index (χ2v) is 6.25. The summed E-state index contributed by atoms with van der Waals surface area (Å²) in [6.45, 7) is 3.83. The van der Waals surface area contributed by atoms with Crippen LogP contribution in [0.5, 0.6) is 17.2 Å². The molecule has 0 aliphatic heterocycles. The van der Waals surface area contributed by atoms with Crippen LogP contribution in [0.1, 0.15) is 36.2 Å². The minimum Gasteiger partial charge on any atom is -0.497 e. The van der Waals surface area contributed by atoms with Crippen molar-refractivity contribution in [2.24, 2.45) is 5.10 Å². The number of hydrogen-bond acceptors (Lipinski definition) is 7. The molecule has 30 heavy (non-hydrogen) atoms. The Morgan fingerprint density at radius 2 is 1.70 bits per heavy atom. The number of ether oxygens (including phenoxy) is 4. The summed E-state index contributed by atoms with van der Waals surface area (Å²) in [7, 11) is 3.12. The number of carbonyl (C=O) groups excluding carboxylic acids is 2. The van der Waals surface area contributed by atoms with E-state index < -0.39 is 5.91 Å². The lowest BCUT2D eigenvalue weighted by atomic mass is 10.1. The molecule has 1 N–H and O–H groups in total. The first-order valence-electron chi connectivity index (χ1n) is 9.44. The maximum absolute atomic E-state index is 12.0. The fourth-order valence-corrected chi connectivity index (χ4v) is 2.45. The van der Waals surface area contributed by atoms with Crippen molar-refractivity contribution in [1.29, 1.82) is 0 Å². The van der Waals surface area contributed by atoms with Crippen LogP contribution >= 0.6 is 0 Å². The highest BCUT2D eigenvalue weighted by molar-refractivity contribution is 6.01. The molecule has 0 aromatic heterocycles. The topological polar surface area (TPSA) is 95.5 Å². The Hall–Kier alpha value is -3.55. The Kier molecular flexibility index (Phi) is 8.68. The fraction of sp³-hybridized carbons (Fsp3) is 0.318. The van der Waals surface area contributed by atoms with Crippen LogP contribution in [0.4, 0.5) is 0 Å². The van der Waals surface area contributed by atoms with Gasteiger partial charge in [0.1, 0.15) is 17.2 Å². The van der Waals surface area contributed by atoms with E-state index in [0.717, 1.165) is 12.0 Å². The smallest absolute Gasteiger partial charge is 0.338 e. The van der Waals surface area contributed by atoms with E-state index >= 15 is 0 Å². The molecule has 1 amide bonds. The first-order valence-corrected chi connectivity index (χ1v) is 9.44. The number of esters is 1. The van der Waals surface area contributed by atoms with Gasteiger partial charge in [-0.15, -0.1) is 0 Å². The van der Waals surface area contributed by atoms with Crippen LogP contribution in [0.2, 0.25) is 0 Å². The highest BCUT2D eigenvalue weighted by Gasteiger charge is 2.10. The predicted octanol–water partition coefficient (Wildman–Crippen LogP) is 3.19. The van der Waals surface area contributed by atoms with Gasteiger partial charge >= 0.3 is 5.97 Å². The van der Waals surface area contributed by atoms with Gasteiger partial charge in [-0.2, -0.15) is 5.10 Å². The van der Waals surface area contributed by atoms with Crippen molar-refractivity contribution in [3.8, 4) is 17.2 Å². The van der Waals surface area contributed by atoms with Gasteiger partial charge in [-0.1, -0.05) is 6.92 Å². The van der Waals surface area contributed by atoms with Gasteiger partial charge in [-0.25, -0.2) is 10.2 Å². The number of carbonyl (C=O) groups is 2. The molecule has 2 rings (SSSR count). The summed E-state index contributed by atoms with van der Waals surface area (Å²) >= 11 is 0. The Labute approximate surface area is 175 Å². The zero-order chi connectivity index (χ0) is 21.9. The highest BCUT2D eigenvalue weighted by Crippen LogP contribution is 2.25. The average Bonchev–Trinajstić information content (AvgIpc) is 2.79. The molecule has 0 aliphatic rings. The second kappa shape index (κ2) is 11.5. The number of hydrazone groups is 1. The monoisotopic (exact) mass is 414 g/mol. The van der Waals surface area contributed by atoms with E-state index in [2.05, 4.69) is 10.5 Å². The van der Waals surface area contributed by atoms with Crippen LogP contribution in [0.15, 0.2) is 47.6 Å². The Bertz CT molecular complexity index is 893. The third-order valence-corrected chi connectivity index (χ3v) is 4.04. The van der Waals surface area contributed by atoms with Gasteiger partial charge in [0.25, 0.3) is 5.91 Å². The third kappa shape index (κ3) is 6.51. The zero-order valence-electron chi connectivity index (χ0n) is 17.6. The van der Waals surface area contributed by atoms with E-state index in [4.69, 9.17) is 18.9 Å². The van der Waals surface area contributed by atoms with Crippen molar-refractivity contribution in [2.45, 2.75) is 20.3 Å². The van der Waals surface area contributed by atoms with Crippen LogP contribution in [0, 0.1) is 0 Å². The highest BCUT2D eigenvalue weighted by atomic mass is 16.5. The lowest BCUT2D eigenvalue weighted by molar-refractivity contribution is -0.123. The molecule has 0 unspecified atom stereocenters. The van der Waals surface area contributed by atoms with E-state index in [0.29, 0.717) is 35.1 Å². The molecule has 0 radical (unpaired) electrons. The molecular formula is C22H26N2O6. The Morgan fingerprint density at radius 1 is 1.00 bits per heavy atom. The van der Waals surface area contributed by atoms with E-state index in [1.165, 1.54) is 0 Å². The summed E-state index contributed by atoms with van der Waals surface area (Å²) in [5.74, 6) is 0.882. The van der Waals surface area contributed by atoms with Gasteiger partial charge in [0, 0.05) is 11.6 Å². The number of nitrogens with one attached hydrogen (secondary N) is 1. The molecule has 0 atom stereocenters. The van der Waals surface area contributed by atoms with Crippen LogP contribution in [-0.4, -0.2) is 45.0 Å². The molecule has 0 saturated carbocycles. The van der Waals surface area contributed by atoms with E-state index in [1.54, 1.807) is 63.6 Å². The van der Waals surface area contributed by atoms with Crippen molar-refractivity contribution < 1.29 is 28.5 Å². The van der Waals surface area contributed by atoms with E-state index in [1.807, 2.05) is 6.92 Å². The predicted molar refractivity (Wildman–Crippen MR) is 112 cm³/mol. The number of rotatable bonds is 10. The fourth-order valence-electron chi connectivity index (χ4n) is 2.45. The van der Waals surface area contributed by atoms with Crippen molar-refractivity contribution >= 4 is 17.6 Å². The summed E-state index contributed by atoms with van der Waals surface area (Å²) in [6.07, 6.45) is 0.759. The van der Waals surface area contributed by atoms with Gasteiger partial charge in [0.15, 0.2) is 6.61 Å². The van der Waals surface area contributed by atoms with Gasteiger partial charge in [-0.05, 0) is 49.7 Å². The number of hydrogen-bond donors (Lipinski definition) is 1. The first kappa shape index (κ1) is 22.7. The van der Waals surface area contributed by atoms with Crippen molar-refractivity contribution in [2.75, 3.05) is 27.4 Å². The van der Waals surface area contributed by atoms with Crippen LogP contribution in [-0.2, 0) is 9.53 Å². The zero-order valence-corrected chi connectivity index (χ0v) is 17.6. The SMILES string of the molecule is CCCOC(=O)c1ccc(OCC(=O)NN=C(C)c2ccc(OC)cc2OC)cc1. The first-order chi connectivity index (χ1) is 14.5. The third-order valence-electron chi connectivity index (χ3n) is 4.04. The lowest BCUT2D eigenvalue weighted by Gasteiger charge is -2.10. The summed E-state index contributed by atoms with van der Waals surface area (Å²) < 4.78 is 21.0. The quantitative estimate of drug-likeness (QED) is 0.364. The maximum Gasteiger partial charge on any atom is 0.338 e. The van der Waals surface area contributed by atoms with Crippen LogP contribution in [0.25, 0.3) is 0 Å². The molecular weight excluding hydrogens is 388 g/mol. The summed E-state index contributed by atoms with van der Waals surface area (Å²) in [4.78, 5) is 23.8. The average molecular weight is 414 g/mol. The molecule has 0 heterocycles. The van der Waals surface area contributed by atoms with Gasteiger partial charge in [-0.3, -0.25) is 4.79 Å². The standard InChI is InChI=1S/C22H26N2O6/c1-5-12-29-22(26)16-6-8-17(9-7-16)30-14-21(25)24-23-15(2)19-11-10-18(27-3)13-20(19)28-4/h6-11,13H,5,12,14H2,1-4H3,(H,24,25). The van der Waals surface area contributed by atoms with Crippen molar-refractivity contribution in [1.82, 2.24) is 5.43 Å². The molecule has 0 spiro atoms. The summed E-state index contributed by atoms with van der Waals surface area (Å²) in [5.41, 5.74) is 4.17. The van der Waals surface area contributed by atoms with Crippen LogP contribution < -0.4 is 19.6 Å². The minimum atomic E-state index is -0.423. The molecule has 0 saturated heterocycles. The molecule has 160 valence electrons. The van der Waals surface area contributed by atoms with Crippen molar-refractivity contribution in [3.05, 3.63) is 53.6 Å². The molecule has 8 heteroatoms. The van der Waals surface area contributed by atoms with Gasteiger partial charge < -0.3 is 18.9 Å². The van der Waals surface area contributed by atoms with E-state index in [-0.39, 0.29) is 12.6 Å². The molecule has 2 aromatic carbocycles. The minimum absolute atomic E-state index is 0.226. The summed E-state index contributed by atoms with van der Waals surface area (Å²) in [5, 5.41) is 4.09. The van der Waals surface area contributed by atoms with E-state index in [9.17, 15) is 9.59 Å². The van der Waals surface area contributed by atoms with Crippen molar-refractivity contribution in [3.63, 3.8) is 0 Å². The number of methoxy groups -OCH3 is 2. The largest absolute Gasteiger partial charge is 0.497 e. The lowest BCUT2D eigenvalue weighted by Crippen LogP contribution is -2.25. The van der Waals surface area contributed by atoms with Gasteiger partial charge in [0.2, 0.25) is 0 Å². The second-order valence-electron chi connectivity index (χ2n) is 6.25. The summed E-state index contributed by atoms with van der Waals surface area (Å²) in [6, 6.07) is 11.7. The number of amides is 1. The molecule has 0 fully saturated rings. The molecule has 0 aliphatic carbocycles. The number of nitrogens with zero attached hydrogens (tertiary/aromatic N) is 1. The Morgan fingerprint density at radius 3 is 2.33 bits per heavy atom. The molecule has 0 bridgehead atoms. The van der Waals surface area contributed by atoms with Gasteiger partial charge in [0.05, 0.1) is 32.1 Å². The number of benzene rings is 2. The normalized spacial score (nSPS) is 10.9. The molecule has 2 aromatic rings. The molecule has 8 nitrogen and oxygen atoms in total. The Balaban J connectivity index is 1.89.